The van der Waals surface area contributed by atoms with E-state index in [4.69, 9.17) is 4.74 Å². The maximum Gasteiger partial charge on any atom is 0.343 e. The van der Waals surface area contributed by atoms with Crippen molar-refractivity contribution in [1.82, 2.24) is 20.1 Å². The van der Waals surface area contributed by atoms with Crippen molar-refractivity contribution in [1.29, 1.82) is 0 Å². The largest absolute Gasteiger partial charge is 0.385 e. The molecule has 0 unspecified atom stereocenters. The second-order valence-corrected chi connectivity index (χ2v) is 5.80. The summed E-state index contributed by atoms with van der Waals surface area (Å²) in [4.78, 5) is 23.6. The summed E-state index contributed by atoms with van der Waals surface area (Å²) < 4.78 is 6.50. The molecule has 0 aliphatic heterocycles. The minimum atomic E-state index is -0.270. The summed E-state index contributed by atoms with van der Waals surface area (Å²) in [7, 11) is 1.62. The summed E-state index contributed by atoms with van der Waals surface area (Å²) >= 11 is 1.24. The van der Waals surface area contributed by atoms with Crippen LogP contribution >= 0.6 is 11.8 Å². The molecule has 1 aromatic carbocycles. The lowest BCUT2D eigenvalue weighted by Crippen LogP contribution is -2.25. The number of H-pyrrole nitrogens is 1. The van der Waals surface area contributed by atoms with Gasteiger partial charge < -0.3 is 10.1 Å². The summed E-state index contributed by atoms with van der Waals surface area (Å²) in [5.41, 5.74) is 0.774. The molecular formula is C15H20N4O3S. The van der Waals surface area contributed by atoms with E-state index in [1.165, 1.54) is 16.3 Å². The van der Waals surface area contributed by atoms with Gasteiger partial charge in [-0.25, -0.2) is 9.89 Å². The zero-order valence-corrected chi connectivity index (χ0v) is 13.8. The molecule has 0 fully saturated rings. The monoisotopic (exact) mass is 336 g/mol. The van der Waals surface area contributed by atoms with E-state index < -0.39 is 0 Å². The zero-order valence-electron chi connectivity index (χ0n) is 12.9. The van der Waals surface area contributed by atoms with Crippen LogP contribution in [0.2, 0.25) is 0 Å². The average molecular weight is 336 g/mol. The Hall–Kier alpha value is -2.06. The van der Waals surface area contributed by atoms with Crippen molar-refractivity contribution in [3.8, 4) is 0 Å². The van der Waals surface area contributed by atoms with Gasteiger partial charge in [0.25, 0.3) is 0 Å². The first-order chi connectivity index (χ1) is 11.2. The number of benzene rings is 1. The van der Waals surface area contributed by atoms with Crippen LogP contribution in [0.5, 0.6) is 0 Å². The van der Waals surface area contributed by atoms with E-state index in [9.17, 15) is 9.59 Å². The van der Waals surface area contributed by atoms with Crippen molar-refractivity contribution in [2.24, 2.45) is 0 Å². The van der Waals surface area contributed by atoms with Crippen LogP contribution < -0.4 is 11.0 Å². The van der Waals surface area contributed by atoms with E-state index >= 15 is 0 Å². The van der Waals surface area contributed by atoms with Crippen LogP contribution in [0.3, 0.4) is 0 Å². The lowest BCUT2D eigenvalue weighted by atomic mass is 10.2. The van der Waals surface area contributed by atoms with E-state index in [1.54, 1.807) is 7.11 Å². The van der Waals surface area contributed by atoms with E-state index in [1.807, 2.05) is 30.3 Å². The molecule has 2 rings (SSSR count). The molecule has 2 N–H and O–H groups in total. The molecule has 0 saturated carbocycles. The third kappa shape index (κ3) is 5.57. The Morgan fingerprint density at radius 1 is 1.39 bits per heavy atom. The Morgan fingerprint density at radius 3 is 2.91 bits per heavy atom. The van der Waals surface area contributed by atoms with Crippen molar-refractivity contribution in [3.05, 3.63) is 46.4 Å². The minimum absolute atomic E-state index is 0.0993. The van der Waals surface area contributed by atoms with Crippen molar-refractivity contribution in [2.75, 3.05) is 19.5 Å². The summed E-state index contributed by atoms with van der Waals surface area (Å²) in [6, 6.07) is 9.70. The highest BCUT2D eigenvalue weighted by Crippen LogP contribution is 2.13. The van der Waals surface area contributed by atoms with Crippen LogP contribution in [0.15, 0.2) is 40.3 Å². The zero-order chi connectivity index (χ0) is 16.5. The topological polar surface area (TPSA) is 89.0 Å². The summed E-state index contributed by atoms with van der Waals surface area (Å²) in [6.07, 6.45) is 0.712. The molecule has 0 atom stereocenters. The van der Waals surface area contributed by atoms with E-state index in [-0.39, 0.29) is 17.3 Å². The van der Waals surface area contributed by atoms with Gasteiger partial charge >= 0.3 is 5.69 Å². The van der Waals surface area contributed by atoms with Crippen LogP contribution in [-0.2, 0) is 22.6 Å². The van der Waals surface area contributed by atoms with Gasteiger partial charge in [0.1, 0.15) is 0 Å². The number of carbonyl (C=O) groups is 1. The quantitative estimate of drug-likeness (QED) is 0.527. The number of thioether (sulfide) groups is 1. The Labute approximate surface area is 138 Å². The first-order valence-electron chi connectivity index (χ1n) is 7.28. The lowest BCUT2D eigenvalue weighted by molar-refractivity contribution is -0.118. The Balaban J connectivity index is 1.81. The fraction of sp³-hybridized carbons (Fsp3) is 0.400. The van der Waals surface area contributed by atoms with Gasteiger partial charge in [0.05, 0.1) is 5.75 Å². The molecule has 8 heteroatoms. The van der Waals surface area contributed by atoms with E-state index in [2.05, 4.69) is 15.5 Å². The molecule has 1 aromatic heterocycles. The SMILES string of the molecule is COCCCn1c(SCC(=O)NCc2ccccc2)n[nH]c1=O. The fourth-order valence-corrected chi connectivity index (χ4v) is 2.76. The molecule has 1 heterocycles. The highest BCUT2D eigenvalue weighted by molar-refractivity contribution is 7.99. The number of nitrogens with one attached hydrogen (secondary N) is 2. The number of hydrogen-bond donors (Lipinski definition) is 2. The molecule has 0 bridgehead atoms. The smallest absolute Gasteiger partial charge is 0.343 e. The first kappa shape index (κ1) is 17.3. The lowest BCUT2D eigenvalue weighted by Gasteiger charge is -2.06. The summed E-state index contributed by atoms with van der Waals surface area (Å²) in [6.45, 7) is 1.57. The van der Waals surface area contributed by atoms with Crippen molar-refractivity contribution in [2.45, 2.75) is 24.7 Å². The van der Waals surface area contributed by atoms with Crippen LogP contribution in [-0.4, -0.2) is 40.1 Å². The number of ether oxygens (including phenoxy) is 1. The van der Waals surface area contributed by atoms with Crippen molar-refractivity contribution >= 4 is 17.7 Å². The minimum Gasteiger partial charge on any atom is -0.385 e. The number of nitrogens with zero attached hydrogens (tertiary/aromatic N) is 2. The van der Waals surface area contributed by atoms with Gasteiger partial charge in [0.15, 0.2) is 5.16 Å². The van der Waals surface area contributed by atoms with Gasteiger partial charge in [0, 0.05) is 26.8 Å². The van der Waals surface area contributed by atoms with Crippen LogP contribution in [0, 0.1) is 0 Å². The average Bonchev–Trinajstić information content (AvgIpc) is 2.92. The Morgan fingerprint density at radius 2 is 2.17 bits per heavy atom. The van der Waals surface area contributed by atoms with Gasteiger partial charge in [-0.05, 0) is 12.0 Å². The summed E-state index contributed by atoms with van der Waals surface area (Å²) in [5, 5.41) is 9.72. The van der Waals surface area contributed by atoms with Gasteiger partial charge in [-0.15, -0.1) is 5.10 Å². The molecule has 0 aliphatic rings. The summed E-state index contributed by atoms with van der Waals surface area (Å²) in [5.74, 6) is 0.110. The number of methoxy groups -OCH3 is 1. The van der Waals surface area contributed by atoms with Gasteiger partial charge in [-0.1, -0.05) is 42.1 Å². The third-order valence-electron chi connectivity index (χ3n) is 3.12. The highest BCUT2D eigenvalue weighted by Gasteiger charge is 2.11. The molecule has 1 amide bonds. The van der Waals surface area contributed by atoms with E-state index in [0.717, 1.165) is 5.56 Å². The molecule has 0 aliphatic carbocycles. The first-order valence-corrected chi connectivity index (χ1v) is 8.27. The number of amides is 1. The number of aromatic nitrogens is 3. The Bertz CT molecular complexity index is 669. The molecule has 7 nitrogen and oxygen atoms in total. The van der Waals surface area contributed by atoms with Gasteiger partial charge in [-0.2, -0.15) is 0 Å². The maximum absolute atomic E-state index is 11.9. The number of rotatable bonds is 9. The molecular weight excluding hydrogens is 316 g/mol. The molecule has 0 saturated heterocycles. The van der Waals surface area contributed by atoms with Gasteiger partial charge in [-0.3, -0.25) is 9.36 Å². The maximum atomic E-state index is 11.9. The molecule has 0 spiro atoms. The number of carbonyl (C=O) groups excluding carboxylic acids is 1. The highest BCUT2D eigenvalue weighted by atomic mass is 32.2. The van der Waals surface area contributed by atoms with Crippen molar-refractivity contribution < 1.29 is 9.53 Å². The standard InChI is InChI=1S/C15H20N4O3S/c1-22-9-5-8-19-14(21)17-18-15(19)23-11-13(20)16-10-12-6-3-2-4-7-12/h2-4,6-7H,5,8-11H2,1H3,(H,16,20)(H,17,21). The normalized spacial score (nSPS) is 10.7. The predicted molar refractivity (Wildman–Crippen MR) is 88.4 cm³/mol. The molecule has 124 valence electrons. The van der Waals surface area contributed by atoms with Crippen LogP contribution in [0.25, 0.3) is 0 Å². The fourth-order valence-electron chi connectivity index (χ4n) is 1.96. The third-order valence-corrected chi connectivity index (χ3v) is 4.09. The predicted octanol–water partition coefficient (Wildman–Crippen LogP) is 1.02. The Kier molecular flexibility index (Phi) is 6.89. The van der Waals surface area contributed by atoms with Gasteiger partial charge in [0.2, 0.25) is 5.91 Å². The molecule has 0 radical (unpaired) electrons. The van der Waals surface area contributed by atoms with Crippen molar-refractivity contribution in [3.63, 3.8) is 0 Å². The number of aromatic amines is 1. The molecule has 2 aromatic rings. The second kappa shape index (κ2) is 9.16. The van der Waals surface area contributed by atoms with E-state index in [0.29, 0.717) is 31.3 Å². The molecule has 23 heavy (non-hydrogen) atoms. The number of hydrogen-bond acceptors (Lipinski definition) is 5. The second-order valence-electron chi connectivity index (χ2n) is 4.86. The van der Waals surface area contributed by atoms with Crippen LogP contribution in [0.1, 0.15) is 12.0 Å². The van der Waals surface area contributed by atoms with Crippen LogP contribution in [0.4, 0.5) is 0 Å².